The highest BCUT2D eigenvalue weighted by Gasteiger charge is 2.38. The lowest BCUT2D eigenvalue weighted by Crippen LogP contribution is -2.62. The highest BCUT2D eigenvalue weighted by Crippen LogP contribution is 2.21. The number of aliphatic carboxylic acids is 2. The summed E-state index contributed by atoms with van der Waals surface area (Å²) in [4.78, 5) is 140. The Morgan fingerprint density at radius 3 is 1.78 bits per heavy atom. The Balaban J connectivity index is 3.61. The van der Waals surface area contributed by atoms with Crippen LogP contribution in [0.3, 0.4) is 0 Å². The summed E-state index contributed by atoms with van der Waals surface area (Å²) >= 11 is 0. The molecule has 362 valence electrons. The molecule has 0 spiro atoms. The molecule has 0 heterocycles. The van der Waals surface area contributed by atoms with Crippen molar-refractivity contribution in [3.8, 4) is 0 Å². The molecule has 0 radical (unpaired) electrons. The first-order valence-electron chi connectivity index (χ1n) is 21.7. The number of carbonyl (C=O) groups is 11. The molecule has 1 aromatic rings. The second kappa shape index (κ2) is 28.4. The Labute approximate surface area is 379 Å². The number of hydrogen-bond donors (Lipinski definition) is 10. The number of carboxylic acid groups (broad SMARTS) is 2. The van der Waals surface area contributed by atoms with E-state index >= 15 is 0 Å². The van der Waals surface area contributed by atoms with Gasteiger partial charge < -0.3 is 53.2 Å². The Morgan fingerprint density at radius 2 is 1.23 bits per heavy atom. The van der Waals surface area contributed by atoms with E-state index in [1.165, 1.54) is 0 Å². The largest absolute Gasteiger partial charge is 0.481 e. The molecule has 0 fully saturated rings. The van der Waals surface area contributed by atoms with Crippen molar-refractivity contribution < 1.29 is 63.0 Å². The molecule has 21 nitrogen and oxygen atoms in total. The van der Waals surface area contributed by atoms with Gasteiger partial charge in [-0.1, -0.05) is 78.6 Å². The topological polar surface area (TPSA) is 338 Å². The van der Waals surface area contributed by atoms with Gasteiger partial charge in [0.25, 0.3) is 5.91 Å². The summed E-state index contributed by atoms with van der Waals surface area (Å²) < 4.78 is 0. The zero-order valence-electron chi connectivity index (χ0n) is 38.4. The number of nitrogens with one attached hydrogen (secondary N) is 7. The summed E-state index contributed by atoms with van der Waals surface area (Å²) in [6.07, 6.45) is 0.188. The third-order valence-corrected chi connectivity index (χ3v) is 10.2. The summed E-state index contributed by atoms with van der Waals surface area (Å²) in [5.74, 6) is -10.4. The average molecular weight is 917 g/mol. The second-order valence-electron chi connectivity index (χ2n) is 17.4. The average Bonchev–Trinajstić information content (AvgIpc) is 3.21. The third-order valence-electron chi connectivity index (χ3n) is 10.2. The number of aryl methyl sites for hydroxylation is 1. The highest BCUT2D eigenvalue weighted by molar-refractivity contribution is 6.37. The molecule has 0 bridgehead atoms. The summed E-state index contributed by atoms with van der Waals surface area (Å²) in [7, 11) is 0. The van der Waals surface area contributed by atoms with Gasteiger partial charge in [0.05, 0.1) is 18.9 Å². The van der Waals surface area contributed by atoms with E-state index in [-0.39, 0.29) is 44.6 Å². The molecule has 1 rings (SSSR count). The number of amides is 8. The number of nitrogens with two attached hydrogens (primary N) is 1. The first-order valence-corrected chi connectivity index (χ1v) is 21.7. The smallest absolute Gasteiger partial charge is 0.305 e. The Kier molecular flexibility index (Phi) is 24.7. The van der Waals surface area contributed by atoms with Crippen LogP contribution < -0.4 is 43.0 Å². The molecule has 0 aliphatic carbocycles. The van der Waals surface area contributed by atoms with Gasteiger partial charge in [-0.15, -0.1) is 0 Å². The number of ketones is 1. The van der Waals surface area contributed by atoms with E-state index in [4.69, 9.17) is 10.8 Å². The molecule has 65 heavy (non-hydrogen) atoms. The van der Waals surface area contributed by atoms with Crippen LogP contribution in [0.25, 0.3) is 0 Å². The van der Waals surface area contributed by atoms with Gasteiger partial charge in [-0.05, 0) is 61.5 Å². The number of primary amides is 1. The van der Waals surface area contributed by atoms with Crippen molar-refractivity contribution in [3.63, 3.8) is 0 Å². The number of Topliss-reactive ketones (excluding diaryl/α,β-unsaturated/α-hetero) is 1. The molecule has 0 aliphatic heterocycles. The molecular weight excluding hydrogens is 849 g/mol. The molecule has 0 unspecified atom stereocenters. The highest BCUT2D eigenvalue weighted by atomic mass is 16.4. The monoisotopic (exact) mass is 916 g/mol. The van der Waals surface area contributed by atoms with Crippen LogP contribution in [0.5, 0.6) is 0 Å². The summed E-state index contributed by atoms with van der Waals surface area (Å²) in [5, 5.41) is 36.2. The van der Waals surface area contributed by atoms with Crippen molar-refractivity contribution in [1.82, 2.24) is 37.2 Å². The number of carbonyl (C=O) groups excluding carboxylic acids is 9. The van der Waals surface area contributed by atoms with E-state index in [2.05, 4.69) is 37.2 Å². The first-order chi connectivity index (χ1) is 30.4. The summed E-state index contributed by atoms with van der Waals surface area (Å²) in [5.41, 5.74) is 5.62. The van der Waals surface area contributed by atoms with Crippen LogP contribution in [-0.2, 0) is 59.2 Å². The zero-order valence-corrected chi connectivity index (χ0v) is 38.4. The van der Waals surface area contributed by atoms with E-state index < -0.39 is 120 Å². The Morgan fingerprint density at radius 1 is 0.677 bits per heavy atom. The van der Waals surface area contributed by atoms with Gasteiger partial charge in [0.1, 0.15) is 30.2 Å². The molecule has 1 aromatic carbocycles. The minimum Gasteiger partial charge on any atom is -0.481 e. The van der Waals surface area contributed by atoms with Gasteiger partial charge in [0.15, 0.2) is 0 Å². The van der Waals surface area contributed by atoms with E-state index in [1.54, 1.807) is 65.8 Å². The van der Waals surface area contributed by atoms with Gasteiger partial charge >= 0.3 is 11.9 Å². The fourth-order valence-corrected chi connectivity index (χ4v) is 6.58. The van der Waals surface area contributed by atoms with Crippen LogP contribution in [0.2, 0.25) is 0 Å². The fourth-order valence-electron chi connectivity index (χ4n) is 6.58. The third kappa shape index (κ3) is 21.7. The van der Waals surface area contributed by atoms with Crippen molar-refractivity contribution in [2.75, 3.05) is 6.54 Å². The predicted molar refractivity (Wildman–Crippen MR) is 236 cm³/mol. The maximum atomic E-state index is 14.4. The molecule has 0 saturated carbocycles. The van der Waals surface area contributed by atoms with Gasteiger partial charge in [0.2, 0.25) is 47.6 Å². The maximum absolute atomic E-state index is 14.4. The summed E-state index contributed by atoms with van der Waals surface area (Å²) in [6.45, 7) is 12.5. The quantitative estimate of drug-likeness (QED) is 0.0268. The van der Waals surface area contributed by atoms with E-state index in [0.29, 0.717) is 31.2 Å². The van der Waals surface area contributed by atoms with E-state index in [9.17, 15) is 57.8 Å². The molecule has 0 saturated heterocycles. The molecular formula is C44H68N8O13. The molecule has 8 amide bonds. The minimum absolute atomic E-state index is 0.0831. The van der Waals surface area contributed by atoms with Crippen LogP contribution in [0.15, 0.2) is 24.3 Å². The molecule has 0 aliphatic rings. The van der Waals surface area contributed by atoms with Crippen molar-refractivity contribution in [2.45, 2.75) is 155 Å². The minimum atomic E-state index is -1.72. The lowest BCUT2D eigenvalue weighted by atomic mass is 9.85. The molecule has 11 N–H and O–H groups in total. The van der Waals surface area contributed by atoms with Crippen LogP contribution in [0.1, 0.15) is 117 Å². The predicted octanol–water partition coefficient (Wildman–Crippen LogP) is 0.0389. The Bertz CT molecular complexity index is 1850. The molecule has 21 heteroatoms. The van der Waals surface area contributed by atoms with Crippen molar-refractivity contribution >= 4 is 65.5 Å². The zero-order chi connectivity index (χ0) is 49.4. The standard InChI is InChI=1S/C44H68N8O13/c1-8-9-16-28(36(59)38(45)60)48-40(62)30(21-25(2)3)51-43(65)37(44(5,6)7)52-42(64)31(22-27-15-11-10-14-26(27)4)50-39(61)29(17-12-13-20-46-24-53)49-41(63)32(23-35(57)58)47-33(54)18-19-34(55)56/h10-11,14-15,24-25,28-32,37H,8-9,12-13,16-23H2,1-7H3,(H2,45,60)(H,46,53)(H,47,54)(H,48,62)(H,49,63)(H,50,61)(H,51,65)(H,52,64)(H,55,56)(H,57,58)/t28-,29-,30-,31-,32-,37+/m0/s1. The van der Waals surface area contributed by atoms with Crippen molar-refractivity contribution in [2.24, 2.45) is 17.1 Å². The second-order valence-corrected chi connectivity index (χ2v) is 17.4. The lowest BCUT2D eigenvalue weighted by Gasteiger charge is -2.34. The van der Waals surface area contributed by atoms with Gasteiger partial charge in [0, 0.05) is 19.4 Å². The Hall–Kier alpha value is -6.41. The molecule has 6 atom stereocenters. The van der Waals surface area contributed by atoms with Gasteiger partial charge in [-0.2, -0.15) is 0 Å². The van der Waals surface area contributed by atoms with Gasteiger partial charge in [-0.3, -0.25) is 52.7 Å². The van der Waals surface area contributed by atoms with E-state index in [1.807, 2.05) is 6.92 Å². The molecule has 0 aromatic heterocycles. The number of carboxylic acids is 2. The van der Waals surface area contributed by atoms with Crippen LogP contribution >= 0.6 is 0 Å². The van der Waals surface area contributed by atoms with Gasteiger partial charge in [-0.25, -0.2) is 0 Å². The van der Waals surface area contributed by atoms with E-state index in [0.717, 1.165) is 5.56 Å². The van der Waals surface area contributed by atoms with Crippen LogP contribution in [0.4, 0.5) is 0 Å². The maximum Gasteiger partial charge on any atom is 0.305 e. The fraction of sp³-hybridized carbons (Fsp3) is 0.614. The lowest BCUT2D eigenvalue weighted by molar-refractivity contribution is -0.142. The van der Waals surface area contributed by atoms with Crippen LogP contribution in [-0.4, -0.2) is 118 Å². The number of unbranched alkanes of at least 4 members (excludes halogenated alkanes) is 2. The first kappa shape index (κ1) is 56.6. The summed E-state index contributed by atoms with van der Waals surface area (Å²) in [6, 6.07) is -1.32. The van der Waals surface area contributed by atoms with Crippen molar-refractivity contribution in [1.29, 1.82) is 0 Å². The normalized spacial score (nSPS) is 13.9. The van der Waals surface area contributed by atoms with Crippen molar-refractivity contribution in [3.05, 3.63) is 35.4 Å². The number of hydrogen-bond acceptors (Lipinski definition) is 11. The number of benzene rings is 1. The SMILES string of the molecule is CCCC[C@H](NC(=O)[C@H](CC(C)C)NC(=O)[C@@H](NC(=O)[C@H](Cc1ccccc1C)NC(=O)[C@H](CCCCNC=O)NC(=O)[C@H](CC(=O)O)NC(=O)CCC(=O)O)C(C)(C)C)C(=O)C(N)=O. The van der Waals surface area contributed by atoms with Crippen LogP contribution in [0, 0.1) is 18.3 Å². The number of rotatable bonds is 31.